The molecule has 2 amide bonds. The fourth-order valence-electron chi connectivity index (χ4n) is 4.74. The first kappa shape index (κ1) is 26.9. The molecule has 0 unspecified atom stereocenters. The number of hydrogen-bond acceptors (Lipinski definition) is 9. The van der Waals surface area contributed by atoms with Crippen LogP contribution < -0.4 is 5.32 Å². The Labute approximate surface area is 244 Å². The Hall–Kier alpha value is -4.35. The summed E-state index contributed by atoms with van der Waals surface area (Å²) < 4.78 is 12.0. The second-order valence-corrected chi connectivity index (χ2v) is 11.3. The third kappa shape index (κ3) is 5.50. The van der Waals surface area contributed by atoms with Gasteiger partial charge in [-0.2, -0.15) is 0 Å². The Morgan fingerprint density at radius 2 is 1.66 bits per heavy atom. The molecule has 0 bridgehead atoms. The molecule has 11 heteroatoms. The van der Waals surface area contributed by atoms with Crippen LogP contribution in [-0.4, -0.2) is 56.3 Å². The van der Waals surface area contributed by atoms with Crippen LogP contribution in [0.3, 0.4) is 0 Å². The summed E-state index contributed by atoms with van der Waals surface area (Å²) in [6, 6.07) is 27.7. The molecule has 206 valence electrons. The molecule has 4 aromatic rings. The van der Waals surface area contributed by atoms with Crippen molar-refractivity contribution in [1.82, 2.24) is 20.4 Å². The molecular formula is C30H24N4O5S2. The lowest BCUT2D eigenvalue weighted by molar-refractivity contribution is -0.154. The van der Waals surface area contributed by atoms with Crippen LogP contribution in [-0.2, 0) is 19.1 Å². The zero-order chi connectivity index (χ0) is 28.2. The molecule has 2 aliphatic heterocycles. The number of thioether (sulfide) groups is 2. The van der Waals surface area contributed by atoms with E-state index in [-0.39, 0.29) is 11.6 Å². The van der Waals surface area contributed by atoms with Crippen molar-refractivity contribution in [3.8, 4) is 11.5 Å². The van der Waals surface area contributed by atoms with E-state index in [4.69, 9.17) is 9.15 Å². The number of carbonyl (C=O) groups is 3. The van der Waals surface area contributed by atoms with Crippen LogP contribution in [0.2, 0.25) is 0 Å². The molecular weight excluding hydrogens is 560 g/mol. The molecule has 0 saturated carbocycles. The average Bonchev–Trinajstić information content (AvgIpc) is 3.51. The van der Waals surface area contributed by atoms with Crippen molar-refractivity contribution in [3.63, 3.8) is 0 Å². The van der Waals surface area contributed by atoms with E-state index in [0.717, 1.165) is 16.7 Å². The molecule has 1 saturated heterocycles. The number of nitrogens with one attached hydrogen (secondary N) is 1. The largest absolute Gasteiger partial charge is 0.448 e. The summed E-state index contributed by atoms with van der Waals surface area (Å²) in [7, 11) is 0. The first-order valence-electron chi connectivity index (χ1n) is 12.8. The molecule has 3 heterocycles. The summed E-state index contributed by atoms with van der Waals surface area (Å²) >= 11 is 2.77. The van der Waals surface area contributed by atoms with E-state index in [9.17, 15) is 14.4 Å². The quantitative estimate of drug-likeness (QED) is 0.125. The van der Waals surface area contributed by atoms with Crippen LogP contribution in [0.25, 0.3) is 11.5 Å². The zero-order valence-corrected chi connectivity index (χ0v) is 23.2. The van der Waals surface area contributed by atoms with Gasteiger partial charge in [-0.3, -0.25) is 14.5 Å². The molecule has 6 rings (SSSR count). The van der Waals surface area contributed by atoms with E-state index in [1.54, 1.807) is 0 Å². The lowest BCUT2D eigenvalue weighted by atomic mass is 10.0. The Morgan fingerprint density at radius 1 is 1.02 bits per heavy atom. The molecule has 1 N–H and O–H groups in total. The summed E-state index contributed by atoms with van der Waals surface area (Å²) in [6.45, 7) is 0. The Balaban J connectivity index is 1.29. The number of amides is 2. The SMILES string of the molecule is O=CN[C@@H]1C(=O)N2C(C(=O)OC(c3ccccc3)c3ccccc3)=C(CSc3nnc(-c4ccccc4)o3)CS[C@H]12. The van der Waals surface area contributed by atoms with Crippen LogP contribution >= 0.6 is 23.5 Å². The average molecular weight is 585 g/mol. The van der Waals surface area contributed by atoms with Crippen molar-refractivity contribution in [2.24, 2.45) is 0 Å². The van der Waals surface area contributed by atoms with Gasteiger partial charge in [0.1, 0.15) is 17.1 Å². The smallest absolute Gasteiger partial charge is 0.356 e. The first-order chi connectivity index (χ1) is 20.1. The van der Waals surface area contributed by atoms with E-state index < -0.39 is 23.5 Å². The summed E-state index contributed by atoms with van der Waals surface area (Å²) in [6.07, 6.45) is -0.169. The van der Waals surface area contributed by atoms with Gasteiger partial charge in [-0.05, 0) is 28.8 Å². The van der Waals surface area contributed by atoms with Gasteiger partial charge in [-0.15, -0.1) is 22.0 Å². The number of β-lactam (4-membered cyclic amide) rings is 1. The summed E-state index contributed by atoms with van der Waals surface area (Å²) in [5.74, 6) is 0.219. The van der Waals surface area contributed by atoms with Crippen molar-refractivity contribution in [2.75, 3.05) is 11.5 Å². The fraction of sp³-hybridized carbons (Fsp3) is 0.167. The molecule has 0 radical (unpaired) electrons. The Bertz CT molecular complexity index is 1540. The van der Waals surface area contributed by atoms with E-state index in [1.165, 1.54) is 28.4 Å². The number of ether oxygens (including phenoxy) is 1. The topological polar surface area (TPSA) is 115 Å². The molecule has 1 fully saturated rings. The number of esters is 1. The summed E-state index contributed by atoms with van der Waals surface area (Å²) in [5, 5.41) is 10.8. The van der Waals surface area contributed by atoms with Gasteiger partial charge < -0.3 is 14.5 Å². The van der Waals surface area contributed by atoms with Gasteiger partial charge in [-0.25, -0.2) is 4.79 Å². The van der Waals surface area contributed by atoms with Crippen molar-refractivity contribution >= 4 is 41.8 Å². The molecule has 9 nitrogen and oxygen atoms in total. The Morgan fingerprint density at radius 3 is 2.29 bits per heavy atom. The van der Waals surface area contributed by atoms with Gasteiger partial charge in [0.15, 0.2) is 6.10 Å². The van der Waals surface area contributed by atoms with Gasteiger partial charge in [0.2, 0.25) is 12.3 Å². The minimum Gasteiger partial charge on any atom is -0.448 e. The predicted molar refractivity (Wildman–Crippen MR) is 154 cm³/mol. The molecule has 3 aromatic carbocycles. The van der Waals surface area contributed by atoms with Crippen molar-refractivity contribution in [1.29, 1.82) is 0 Å². The monoisotopic (exact) mass is 584 g/mol. The third-order valence-corrected chi connectivity index (χ3v) is 8.96. The predicted octanol–water partition coefficient (Wildman–Crippen LogP) is 4.45. The van der Waals surface area contributed by atoms with Crippen LogP contribution in [0.15, 0.2) is 112 Å². The maximum Gasteiger partial charge on any atom is 0.356 e. The third-order valence-electron chi connectivity index (χ3n) is 6.71. The number of carbonyl (C=O) groups excluding carboxylic acids is 3. The molecule has 1 aromatic heterocycles. The normalized spacial score (nSPS) is 18.1. The number of aromatic nitrogens is 2. The van der Waals surface area contributed by atoms with Crippen LogP contribution in [0.5, 0.6) is 0 Å². The highest BCUT2D eigenvalue weighted by Crippen LogP contribution is 2.42. The fourth-order valence-corrected chi connectivity index (χ4v) is 7.00. The van der Waals surface area contributed by atoms with Crippen molar-refractivity contribution < 1.29 is 23.5 Å². The molecule has 2 aliphatic rings. The molecule has 41 heavy (non-hydrogen) atoms. The number of hydrogen-bond donors (Lipinski definition) is 1. The minimum absolute atomic E-state index is 0.190. The standard InChI is InChI=1S/C30H24N4O5S2/c35-18-31-23-27(36)34-24(29(37)38-25(19-10-4-1-5-11-19)20-12-6-2-7-13-20)22(16-40-28(23)34)17-41-30-33-32-26(39-30)21-14-8-3-9-15-21/h1-15,18,23,25,28H,16-17H2,(H,31,35)/t23-,28-/m1/s1. The van der Waals surface area contributed by atoms with E-state index in [1.807, 2.05) is 91.0 Å². The van der Waals surface area contributed by atoms with Gasteiger partial charge in [0.05, 0.1) is 0 Å². The van der Waals surface area contributed by atoms with E-state index in [2.05, 4.69) is 15.5 Å². The maximum atomic E-state index is 13.9. The first-order valence-corrected chi connectivity index (χ1v) is 14.9. The van der Waals surface area contributed by atoms with Crippen molar-refractivity contribution in [3.05, 3.63) is 113 Å². The van der Waals surface area contributed by atoms with Crippen LogP contribution in [0.4, 0.5) is 0 Å². The molecule has 0 spiro atoms. The molecule has 2 atom stereocenters. The number of fused-ring (bicyclic) bond motifs is 1. The summed E-state index contributed by atoms with van der Waals surface area (Å²) in [4.78, 5) is 39.6. The highest BCUT2D eigenvalue weighted by atomic mass is 32.2. The number of benzene rings is 3. The number of rotatable bonds is 10. The lowest BCUT2D eigenvalue weighted by Gasteiger charge is -2.49. The van der Waals surface area contributed by atoms with Gasteiger partial charge >= 0.3 is 5.97 Å². The van der Waals surface area contributed by atoms with Crippen LogP contribution in [0, 0.1) is 0 Å². The highest BCUT2D eigenvalue weighted by molar-refractivity contribution is 8.01. The highest BCUT2D eigenvalue weighted by Gasteiger charge is 2.54. The second kappa shape index (κ2) is 12.0. The van der Waals surface area contributed by atoms with Gasteiger partial charge in [0.25, 0.3) is 11.1 Å². The van der Waals surface area contributed by atoms with Gasteiger partial charge in [0, 0.05) is 17.1 Å². The Kier molecular flexibility index (Phi) is 7.88. The van der Waals surface area contributed by atoms with E-state index in [0.29, 0.717) is 34.6 Å². The van der Waals surface area contributed by atoms with Gasteiger partial charge in [-0.1, -0.05) is 90.6 Å². The second-order valence-electron chi connectivity index (χ2n) is 9.26. The summed E-state index contributed by atoms with van der Waals surface area (Å²) in [5.41, 5.74) is 3.31. The lowest BCUT2D eigenvalue weighted by Crippen LogP contribution is -2.69. The van der Waals surface area contributed by atoms with E-state index >= 15 is 0 Å². The molecule has 0 aliphatic carbocycles. The van der Waals surface area contributed by atoms with Crippen molar-refractivity contribution in [2.45, 2.75) is 22.7 Å². The number of nitrogens with zero attached hydrogens (tertiary/aromatic N) is 3. The minimum atomic E-state index is -0.696. The maximum absolute atomic E-state index is 13.9. The van der Waals surface area contributed by atoms with Crippen LogP contribution in [0.1, 0.15) is 17.2 Å². The zero-order valence-electron chi connectivity index (χ0n) is 21.6.